The number of aryl methyl sites for hydroxylation is 1. The van der Waals surface area contributed by atoms with Crippen molar-refractivity contribution in [3.63, 3.8) is 0 Å². The maximum Gasteiger partial charge on any atom is 0.162 e. The number of hydrogen-bond donors (Lipinski definition) is 1. The summed E-state index contributed by atoms with van der Waals surface area (Å²) < 4.78 is 12.3. The van der Waals surface area contributed by atoms with E-state index < -0.39 is 5.60 Å². The van der Waals surface area contributed by atoms with Crippen LogP contribution >= 0.6 is 0 Å². The predicted molar refractivity (Wildman–Crippen MR) is 58.3 cm³/mol. The van der Waals surface area contributed by atoms with Crippen molar-refractivity contribution in [2.75, 3.05) is 20.3 Å². The van der Waals surface area contributed by atoms with Gasteiger partial charge >= 0.3 is 0 Å². The first kappa shape index (κ1) is 11.4. The molecule has 1 atom stereocenters. The van der Waals surface area contributed by atoms with Gasteiger partial charge in [-0.15, -0.1) is 0 Å². The van der Waals surface area contributed by atoms with E-state index in [1.54, 1.807) is 18.0 Å². The van der Waals surface area contributed by atoms with E-state index in [2.05, 4.69) is 5.10 Å². The lowest BCUT2D eigenvalue weighted by Crippen LogP contribution is -2.29. The Labute approximate surface area is 95.0 Å². The van der Waals surface area contributed by atoms with Crippen LogP contribution < -0.4 is 4.74 Å². The molecule has 16 heavy (non-hydrogen) atoms. The summed E-state index contributed by atoms with van der Waals surface area (Å²) in [5.41, 5.74) is -0.131. The molecule has 1 aromatic rings. The first-order valence-corrected chi connectivity index (χ1v) is 5.54. The number of rotatable bonds is 2. The number of aliphatic hydroxyl groups is 1. The van der Waals surface area contributed by atoms with Crippen LogP contribution in [0.25, 0.3) is 0 Å². The third-order valence-electron chi connectivity index (χ3n) is 3.10. The van der Waals surface area contributed by atoms with Crippen LogP contribution in [0, 0.1) is 0 Å². The fourth-order valence-corrected chi connectivity index (χ4v) is 2.27. The fraction of sp³-hybridized carbons (Fsp3) is 0.727. The molecular weight excluding hydrogens is 208 g/mol. The molecule has 1 fully saturated rings. The molecule has 0 aliphatic carbocycles. The summed E-state index contributed by atoms with van der Waals surface area (Å²) in [6.45, 7) is 1.29. The first-order chi connectivity index (χ1) is 7.67. The molecule has 1 aliphatic rings. The van der Waals surface area contributed by atoms with Crippen molar-refractivity contribution in [2.45, 2.75) is 24.9 Å². The van der Waals surface area contributed by atoms with Crippen LogP contribution in [0.4, 0.5) is 0 Å². The Morgan fingerprint density at radius 3 is 3.06 bits per heavy atom. The molecule has 0 saturated carbocycles. The van der Waals surface area contributed by atoms with Gasteiger partial charge in [0.05, 0.1) is 13.3 Å². The van der Waals surface area contributed by atoms with Gasteiger partial charge in [0.25, 0.3) is 0 Å². The zero-order chi connectivity index (χ0) is 11.6. The van der Waals surface area contributed by atoms with Crippen molar-refractivity contribution < 1.29 is 14.6 Å². The second kappa shape index (κ2) is 4.43. The third kappa shape index (κ3) is 1.92. The van der Waals surface area contributed by atoms with E-state index in [9.17, 15) is 5.11 Å². The average Bonchev–Trinajstić information content (AvgIpc) is 2.51. The van der Waals surface area contributed by atoms with Crippen molar-refractivity contribution >= 4 is 0 Å². The Morgan fingerprint density at radius 1 is 1.50 bits per heavy atom. The molecule has 5 nitrogen and oxygen atoms in total. The molecule has 0 amide bonds. The van der Waals surface area contributed by atoms with E-state index in [1.165, 1.54) is 0 Å². The second-order valence-corrected chi connectivity index (χ2v) is 4.18. The molecule has 2 rings (SSSR count). The molecule has 2 heterocycles. The summed E-state index contributed by atoms with van der Waals surface area (Å²) >= 11 is 0. The van der Waals surface area contributed by atoms with Crippen LogP contribution in [-0.2, 0) is 17.4 Å². The Bertz CT molecular complexity index is 354. The van der Waals surface area contributed by atoms with Crippen molar-refractivity contribution in [1.82, 2.24) is 9.78 Å². The lowest BCUT2D eigenvalue weighted by atomic mass is 9.90. The van der Waals surface area contributed by atoms with Crippen LogP contribution in [0.3, 0.4) is 0 Å². The molecule has 0 bridgehead atoms. The highest BCUT2D eigenvalue weighted by atomic mass is 16.5. The van der Waals surface area contributed by atoms with Crippen molar-refractivity contribution in [3.05, 3.63) is 11.9 Å². The second-order valence-electron chi connectivity index (χ2n) is 4.18. The van der Waals surface area contributed by atoms with Gasteiger partial charge in [-0.1, -0.05) is 0 Å². The molecule has 90 valence electrons. The van der Waals surface area contributed by atoms with E-state index >= 15 is 0 Å². The van der Waals surface area contributed by atoms with Gasteiger partial charge < -0.3 is 14.6 Å². The molecule has 1 saturated heterocycles. The number of methoxy groups -OCH3 is 1. The summed E-state index contributed by atoms with van der Waals surface area (Å²) in [5.74, 6) is 0.645. The molecule has 1 aromatic heterocycles. The largest absolute Gasteiger partial charge is 0.493 e. The summed E-state index contributed by atoms with van der Waals surface area (Å²) in [4.78, 5) is 0. The van der Waals surface area contributed by atoms with Gasteiger partial charge in [-0.05, 0) is 12.8 Å². The number of ether oxygens (including phenoxy) is 2. The normalized spacial score (nSPS) is 26.4. The molecule has 1 N–H and O–H groups in total. The van der Waals surface area contributed by atoms with Gasteiger partial charge in [-0.25, -0.2) is 0 Å². The topological polar surface area (TPSA) is 56.5 Å². The minimum atomic E-state index is -0.882. The minimum absolute atomic E-state index is 0.574. The van der Waals surface area contributed by atoms with Gasteiger partial charge in [0.2, 0.25) is 0 Å². The zero-order valence-corrected chi connectivity index (χ0v) is 9.77. The van der Waals surface area contributed by atoms with E-state index in [4.69, 9.17) is 9.47 Å². The Hall–Kier alpha value is -1.07. The minimum Gasteiger partial charge on any atom is -0.493 e. The number of nitrogens with zero attached hydrogens (tertiary/aromatic N) is 2. The van der Waals surface area contributed by atoms with Gasteiger partial charge in [0.15, 0.2) is 5.75 Å². The Morgan fingerprint density at radius 2 is 2.31 bits per heavy atom. The van der Waals surface area contributed by atoms with Crippen LogP contribution in [0.2, 0.25) is 0 Å². The lowest BCUT2D eigenvalue weighted by Gasteiger charge is -2.26. The summed E-state index contributed by atoms with van der Waals surface area (Å²) in [6, 6.07) is 0. The molecule has 5 heteroatoms. The van der Waals surface area contributed by atoms with Crippen molar-refractivity contribution in [3.8, 4) is 5.75 Å². The molecule has 1 unspecified atom stereocenters. The van der Waals surface area contributed by atoms with Crippen LogP contribution in [-0.4, -0.2) is 35.2 Å². The van der Waals surface area contributed by atoms with Gasteiger partial charge in [-0.3, -0.25) is 4.68 Å². The van der Waals surface area contributed by atoms with E-state index in [-0.39, 0.29) is 0 Å². The smallest absolute Gasteiger partial charge is 0.162 e. The van der Waals surface area contributed by atoms with E-state index in [1.807, 2.05) is 7.05 Å². The average molecular weight is 226 g/mol. The molecule has 0 aromatic carbocycles. The Balaban J connectivity index is 2.35. The van der Waals surface area contributed by atoms with Crippen molar-refractivity contribution in [2.24, 2.45) is 7.05 Å². The SMILES string of the molecule is COc1cnn(C)c1C1(O)CCCOCC1. The van der Waals surface area contributed by atoms with Crippen LogP contribution in [0.1, 0.15) is 25.0 Å². The summed E-state index contributed by atoms with van der Waals surface area (Å²) in [5, 5.41) is 14.8. The zero-order valence-electron chi connectivity index (χ0n) is 9.77. The van der Waals surface area contributed by atoms with Gasteiger partial charge in [0, 0.05) is 26.7 Å². The van der Waals surface area contributed by atoms with Gasteiger partial charge in [-0.2, -0.15) is 5.10 Å². The van der Waals surface area contributed by atoms with Crippen molar-refractivity contribution in [1.29, 1.82) is 0 Å². The fourth-order valence-electron chi connectivity index (χ4n) is 2.27. The van der Waals surface area contributed by atoms with Gasteiger partial charge in [0.1, 0.15) is 11.3 Å². The maximum absolute atomic E-state index is 10.7. The van der Waals surface area contributed by atoms with Crippen LogP contribution in [0.15, 0.2) is 6.20 Å². The quantitative estimate of drug-likeness (QED) is 0.811. The standard InChI is InChI=1S/C11H18N2O3/c1-13-10(9(15-2)8-12-13)11(14)4-3-6-16-7-5-11/h8,14H,3-7H2,1-2H3. The van der Waals surface area contributed by atoms with E-state index in [0.717, 1.165) is 12.1 Å². The maximum atomic E-state index is 10.7. The third-order valence-corrected chi connectivity index (χ3v) is 3.10. The lowest BCUT2D eigenvalue weighted by molar-refractivity contribution is 0.00506. The molecule has 0 radical (unpaired) electrons. The highest BCUT2D eigenvalue weighted by Crippen LogP contribution is 2.37. The Kier molecular flexibility index (Phi) is 3.16. The highest BCUT2D eigenvalue weighted by molar-refractivity contribution is 5.30. The number of hydrogen-bond acceptors (Lipinski definition) is 4. The van der Waals surface area contributed by atoms with E-state index in [0.29, 0.717) is 31.8 Å². The highest BCUT2D eigenvalue weighted by Gasteiger charge is 2.36. The predicted octanol–water partition coefficient (Wildman–Crippen LogP) is 0.817. The molecule has 1 aliphatic heterocycles. The monoisotopic (exact) mass is 226 g/mol. The summed E-state index contributed by atoms with van der Waals surface area (Å²) in [6.07, 6.45) is 3.76. The van der Waals surface area contributed by atoms with Crippen LogP contribution in [0.5, 0.6) is 5.75 Å². The summed E-state index contributed by atoms with van der Waals surface area (Å²) in [7, 11) is 3.42. The number of aromatic nitrogens is 2. The first-order valence-electron chi connectivity index (χ1n) is 5.54. The molecule has 0 spiro atoms. The molecular formula is C11H18N2O3.